The first-order chi connectivity index (χ1) is 29.5. The summed E-state index contributed by atoms with van der Waals surface area (Å²) in [7, 11) is 0. The Morgan fingerprint density at radius 2 is 0.800 bits per heavy atom. The Morgan fingerprint density at radius 1 is 0.467 bits per heavy atom. The summed E-state index contributed by atoms with van der Waals surface area (Å²) in [6.45, 7) is 6.50. The lowest BCUT2D eigenvalue weighted by Gasteiger charge is -2.24. The number of carbonyl (C=O) groups is 2. The highest BCUT2D eigenvalue weighted by Gasteiger charge is 2.24. The third-order valence-electron chi connectivity index (χ3n) is 12.6. The molecule has 0 rings (SSSR count). The second-order valence-electron chi connectivity index (χ2n) is 18.6. The molecule has 0 aromatic rings. The van der Waals surface area contributed by atoms with Crippen LogP contribution in [0.25, 0.3) is 0 Å². The molecule has 3 atom stereocenters. The molecule has 60 heavy (non-hydrogen) atoms. The highest BCUT2D eigenvalue weighted by atomic mass is 16.5. The van der Waals surface area contributed by atoms with Gasteiger partial charge in [0.1, 0.15) is 6.10 Å². The normalized spacial score (nSPS) is 13.2. The molecule has 0 aliphatic rings. The van der Waals surface area contributed by atoms with Crippen molar-refractivity contribution in [3.05, 3.63) is 12.2 Å². The van der Waals surface area contributed by atoms with Gasteiger partial charge in [0.15, 0.2) is 0 Å². The van der Waals surface area contributed by atoms with Crippen molar-refractivity contribution >= 4 is 11.9 Å². The molecule has 0 saturated carbocycles. The smallest absolute Gasteiger partial charge is 0.306 e. The number of allylic oxidation sites excluding steroid dienone is 2. The molecule has 0 saturated heterocycles. The summed E-state index contributed by atoms with van der Waals surface area (Å²) >= 11 is 0. The zero-order chi connectivity index (χ0) is 43.8. The number of unbranched alkanes of at least 4 members (excludes halogenated alkanes) is 35. The molecule has 0 heterocycles. The number of aliphatic hydroxyl groups is 2. The fourth-order valence-electron chi connectivity index (χ4n) is 8.49. The number of hydrogen-bond donors (Lipinski definition) is 3. The Hall–Kier alpha value is -1.40. The Bertz CT molecular complexity index is 909. The number of aliphatic hydroxyl groups excluding tert-OH is 2. The number of rotatable bonds is 49. The van der Waals surface area contributed by atoms with E-state index < -0.39 is 18.2 Å². The molecular weight excluding hydrogens is 743 g/mol. The molecule has 0 aliphatic carbocycles. The predicted octanol–water partition coefficient (Wildman–Crippen LogP) is 16.1. The van der Waals surface area contributed by atoms with Gasteiger partial charge < -0.3 is 20.3 Å². The van der Waals surface area contributed by atoms with Gasteiger partial charge in [-0.2, -0.15) is 0 Å². The minimum Gasteiger partial charge on any atom is -0.462 e. The Labute approximate surface area is 374 Å². The number of esters is 1. The maximum Gasteiger partial charge on any atom is 0.306 e. The molecule has 0 spiro atoms. The second-order valence-corrected chi connectivity index (χ2v) is 18.6. The Kier molecular flexibility index (Phi) is 47.5. The largest absolute Gasteiger partial charge is 0.462 e. The standard InChI is InChI=1S/C54H105NO5/c1-4-7-10-13-16-19-22-25-28-30-33-36-39-42-45-50(60-54(59)47-44-41-38-35-32-29-26-23-20-17-14-11-8-5-2)48-53(58)55-51(49-56)52(57)46-43-40-37-34-31-27-24-21-18-15-12-9-6-3/h28,30,50-52,56-57H,4-27,29,31-49H2,1-3H3,(H,55,58)/b30-28+. The highest BCUT2D eigenvalue weighted by molar-refractivity contribution is 5.77. The van der Waals surface area contributed by atoms with E-state index in [1.165, 1.54) is 193 Å². The maximum absolute atomic E-state index is 13.2. The zero-order valence-corrected chi connectivity index (χ0v) is 40.6. The van der Waals surface area contributed by atoms with E-state index in [0.29, 0.717) is 19.3 Å². The minimum absolute atomic E-state index is 0.0742. The minimum atomic E-state index is -0.785. The fourth-order valence-corrected chi connectivity index (χ4v) is 8.49. The molecule has 0 bridgehead atoms. The van der Waals surface area contributed by atoms with E-state index in [-0.39, 0.29) is 24.9 Å². The van der Waals surface area contributed by atoms with Crippen LogP contribution in [0.1, 0.15) is 297 Å². The van der Waals surface area contributed by atoms with Gasteiger partial charge in [-0.1, -0.05) is 245 Å². The lowest BCUT2D eigenvalue weighted by Crippen LogP contribution is -2.46. The molecule has 3 unspecified atom stereocenters. The van der Waals surface area contributed by atoms with Crippen LogP contribution in [0.15, 0.2) is 12.2 Å². The highest BCUT2D eigenvalue weighted by Crippen LogP contribution is 2.18. The van der Waals surface area contributed by atoms with Crippen molar-refractivity contribution in [2.75, 3.05) is 6.61 Å². The zero-order valence-electron chi connectivity index (χ0n) is 40.6. The molecular formula is C54H105NO5. The van der Waals surface area contributed by atoms with Gasteiger partial charge in [0.2, 0.25) is 5.91 Å². The van der Waals surface area contributed by atoms with Gasteiger partial charge in [0.05, 0.1) is 25.2 Å². The van der Waals surface area contributed by atoms with Crippen LogP contribution in [-0.2, 0) is 14.3 Å². The topological polar surface area (TPSA) is 95.9 Å². The fraction of sp³-hybridized carbons (Fsp3) is 0.926. The molecule has 6 heteroatoms. The van der Waals surface area contributed by atoms with Crippen molar-refractivity contribution in [1.82, 2.24) is 5.32 Å². The molecule has 0 aromatic carbocycles. The summed E-state index contributed by atoms with van der Waals surface area (Å²) < 4.78 is 5.94. The van der Waals surface area contributed by atoms with Crippen molar-refractivity contribution in [1.29, 1.82) is 0 Å². The van der Waals surface area contributed by atoms with Gasteiger partial charge in [-0.15, -0.1) is 0 Å². The van der Waals surface area contributed by atoms with Crippen LogP contribution in [0.5, 0.6) is 0 Å². The van der Waals surface area contributed by atoms with E-state index in [1.54, 1.807) is 0 Å². The number of ether oxygens (including phenoxy) is 1. The Morgan fingerprint density at radius 3 is 1.20 bits per heavy atom. The van der Waals surface area contributed by atoms with Crippen LogP contribution >= 0.6 is 0 Å². The van der Waals surface area contributed by atoms with Crippen molar-refractivity contribution in [3.8, 4) is 0 Å². The molecule has 0 aromatic heterocycles. The van der Waals surface area contributed by atoms with Crippen LogP contribution in [0, 0.1) is 0 Å². The Balaban J connectivity index is 4.55. The van der Waals surface area contributed by atoms with Crippen LogP contribution in [-0.4, -0.2) is 46.9 Å². The average molecular weight is 848 g/mol. The van der Waals surface area contributed by atoms with E-state index in [1.807, 2.05) is 0 Å². The van der Waals surface area contributed by atoms with E-state index in [9.17, 15) is 19.8 Å². The molecule has 0 aliphatic heterocycles. The van der Waals surface area contributed by atoms with Crippen LogP contribution < -0.4 is 5.32 Å². The maximum atomic E-state index is 13.2. The molecule has 356 valence electrons. The van der Waals surface area contributed by atoms with E-state index in [4.69, 9.17) is 4.74 Å². The van der Waals surface area contributed by atoms with E-state index >= 15 is 0 Å². The van der Waals surface area contributed by atoms with Gasteiger partial charge >= 0.3 is 5.97 Å². The first kappa shape index (κ1) is 58.6. The van der Waals surface area contributed by atoms with E-state index in [0.717, 1.165) is 57.8 Å². The molecule has 0 radical (unpaired) electrons. The lowest BCUT2D eigenvalue weighted by molar-refractivity contribution is -0.151. The van der Waals surface area contributed by atoms with Crippen molar-refractivity contribution < 1.29 is 24.5 Å². The quantitative estimate of drug-likeness (QED) is 0.0322. The lowest BCUT2D eigenvalue weighted by atomic mass is 10.0. The van der Waals surface area contributed by atoms with Gasteiger partial charge in [-0.3, -0.25) is 9.59 Å². The van der Waals surface area contributed by atoms with Gasteiger partial charge in [-0.05, 0) is 51.4 Å². The van der Waals surface area contributed by atoms with Crippen molar-refractivity contribution in [2.45, 2.75) is 315 Å². The summed E-state index contributed by atoms with van der Waals surface area (Å²) in [5.41, 5.74) is 0. The average Bonchev–Trinajstić information content (AvgIpc) is 3.24. The summed E-state index contributed by atoms with van der Waals surface area (Å²) in [5, 5.41) is 23.8. The first-order valence-corrected chi connectivity index (χ1v) is 26.9. The summed E-state index contributed by atoms with van der Waals surface area (Å²) in [5.74, 6) is -0.470. The summed E-state index contributed by atoms with van der Waals surface area (Å²) in [4.78, 5) is 26.2. The number of carbonyl (C=O) groups excluding carboxylic acids is 2. The SMILES string of the molecule is CCCCCCCCC/C=C/CCCCCC(CC(=O)NC(CO)C(O)CCCCCCCCCCCCCCC)OC(=O)CCCCCCCCCCCCCCCC. The summed E-state index contributed by atoms with van der Waals surface area (Å²) in [6, 6.07) is -0.699. The van der Waals surface area contributed by atoms with Crippen LogP contribution in [0.2, 0.25) is 0 Å². The molecule has 0 fully saturated rings. The first-order valence-electron chi connectivity index (χ1n) is 26.9. The van der Waals surface area contributed by atoms with Gasteiger partial charge in [0, 0.05) is 6.42 Å². The number of nitrogens with one attached hydrogen (secondary N) is 1. The molecule has 6 nitrogen and oxygen atoms in total. The van der Waals surface area contributed by atoms with Gasteiger partial charge in [0.25, 0.3) is 0 Å². The third-order valence-corrected chi connectivity index (χ3v) is 12.6. The van der Waals surface area contributed by atoms with Crippen LogP contribution in [0.4, 0.5) is 0 Å². The van der Waals surface area contributed by atoms with Crippen molar-refractivity contribution in [2.24, 2.45) is 0 Å². The van der Waals surface area contributed by atoms with E-state index in [2.05, 4.69) is 38.2 Å². The van der Waals surface area contributed by atoms with Crippen LogP contribution in [0.3, 0.4) is 0 Å². The monoisotopic (exact) mass is 848 g/mol. The second kappa shape index (κ2) is 48.6. The molecule has 3 N–H and O–H groups in total. The van der Waals surface area contributed by atoms with Gasteiger partial charge in [-0.25, -0.2) is 0 Å². The third kappa shape index (κ3) is 43.3. The summed E-state index contributed by atoms with van der Waals surface area (Å²) in [6.07, 6.45) is 54.1. The van der Waals surface area contributed by atoms with Crippen molar-refractivity contribution in [3.63, 3.8) is 0 Å². The number of amides is 1. The predicted molar refractivity (Wildman–Crippen MR) is 260 cm³/mol. The number of hydrogen-bond acceptors (Lipinski definition) is 5. The molecule has 1 amide bonds.